The molecule has 9 heavy (non-hydrogen) atoms. The largest absolute Gasteiger partial charge is 0.303 e. The van der Waals surface area contributed by atoms with Crippen molar-refractivity contribution in [2.75, 3.05) is 0 Å². The molecular weight excluding hydrogens is 112 g/mol. The third-order valence-electron chi connectivity index (χ3n) is 0.891. The first-order valence-corrected chi connectivity index (χ1v) is 3.13. The van der Waals surface area contributed by atoms with Gasteiger partial charge in [0.05, 0.1) is 0 Å². The predicted octanol–water partition coefficient (Wildman–Crippen LogP) is 2.10. The Balaban J connectivity index is 3.14. The molecule has 1 nitrogen and oxygen atoms in total. The van der Waals surface area contributed by atoms with Crippen molar-refractivity contribution in [2.24, 2.45) is 0 Å². The van der Waals surface area contributed by atoms with Gasteiger partial charge in [-0.3, -0.25) is 0 Å². The molecule has 0 amide bonds. The van der Waals surface area contributed by atoms with Gasteiger partial charge >= 0.3 is 0 Å². The molecule has 0 aromatic carbocycles. The van der Waals surface area contributed by atoms with Crippen LogP contribution in [0, 0.1) is 0 Å². The van der Waals surface area contributed by atoms with Crippen LogP contribution in [0.15, 0.2) is 24.3 Å². The van der Waals surface area contributed by atoms with E-state index in [4.69, 9.17) is 0 Å². The Labute approximate surface area is 56.1 Å². The van der Waals surface area contributed by atoms with E-state index in [0.717, 1.165) is 12.7 Å². The zero-order chi connectivity index (χ0) is 6.95. The minimum absolute atomic E-state index is 0.633. The normalized spacial score (nSPS) is 11.2. The van der Waals surface area contributed by atoms with Crippen LogP contribution in [0.3, 0.4) is 0 Å². The summed E-state index contributed by atoms with van der Waals surface area (Å²) in [6.45, 7) is 1.96. The first-order valence-electron chi connectivity index (χ1n) is 3.13. The van der Waals surface area contributed by atoms with E-state index in [1.165, 1.54) is 0 Å². The minimum Gasteiger partial charge on any atom is -0.303 e. The van der Waals surface area contributed by atoms with Gasteiger partial charge in [-0.25, -0.2) is 0 Å². The maximum atomic E-state index is 9.79. The summed E-state index contributed by atoms with van der Waals surface area (Å²) in [4.78, 5) is 9.79. The fraction of sp³-hybridized carbons (Fsp3) is 0.375. The fourth-order valence-corrected chi connectivity index (χ4v) is 0.450. The third-order valence-corrected chi connectivity index (χ3v) is 0.891. The number of hydrogen-bond donors (Lipinski definition) is 0. The van der Waals surface area contributed by atoms with Gasteiger partial charge in [-0.1, -0.05) is 24.3 Å². The number of carbonyl (C=O) groups excluding carboxylic acids is 1. The lowest BCUT2D eigenvalue weighted by Gasteiger charge is -1.78. The zero-order valence-corrected chi connectivity index (χ0v) is 5.71. The van der Waals surface area contributed by atoms with E-state index in [9.17, 15) is 4.79 Å². The Morgan fingerprint density at radius 1 is 1.22 bits per heavy atom. The zero-order valence-electron chi connectivity index (χ0n) is 5.71. The molecule has 0 rings (SSSR count). The van der Waals surface area contributed by atoms with E-state index in [1.54, 1.807) is 0 Å². The van der Waals surface area contributed by atoms with Crippen molar-refractivity contribution in [3.63, 3.8) is 0 Å². The van der Waals surface area contributed by atoms with Gasteiger partial charge < -0.3 is 4.79 Å². The maximum absolute atomic E-state index is 9.79. The highest BCUT2D eigenvalue weighted by Crippen LogP contribution is 1.86. The van der Waals surface area contributed by atoms with Gasteiger partial charge in [0.15, 0.2) is 0 Å². The Kier molecular flexibility index (Phi) is 6.47. The van der Waals surface area contributed by atoms with E-state index in [2.05, 4.69) is 0 Å². The molecule has 0 aliphatic heterocycles. The molecule has 0 fully saturated rings. The van der Waals surface area contributed by atoms with Crippen LogP contribution >= 0.6 is 0 Å². The second-order valence-electron chi connectivity index (χ2n) is 1.70. The third kappa shape index (κ3) is 7.15. The van der Waals surface area contributed by atoms with E-state index in [1.807, 2.05) is 31.2 Å². The average molecular weight is 124 g/mol. The molecule has 0 spiro atoms. The Hall–Kier alpha value is -0.850. The summed E-state index contributed by atoms with van der Waals surface area (Å²) in [7, 11) is 0. The van der Waals surface area contributed by atoms with E-state index in [-0.39, 0.29) is 0 Å². The number of aldehydes is 1. The van der Waals surface area contributed by atoms with Crippen molar-refractivity contribution < 1.29 is 4.79 Å². The van der Waals surface area contributed by atoms with Crippen molar-refractivity contribution in [3.05, 3.63) is 24.3 Å². The summed E-state index contributed by atoms with van der Waals surface area (Å²) >= 11 is 0. The topological polar surface area (TPSA) is 17.1 Å². The molecule has 0 aliphatic rings. The fourth-order valence-electron chi connectivity index (χ4n) is 0.450. The molecule has 1 heteroatoms. The van der Waals surface area contributed by atoms with Crippen LogP contribution in [0.4, 0.5) is 0 Å². The summed E-state index contributed by atoms with van der Waals surface area (Å²) < 4.78 is 0. The standard InChI is InChI=1S/C8H12O/c1-2-3-4-5-6-7-8-9/h2-5,8H,6-7H2,1H3/b3-2+,5-4+. The van der Waals surface area contributed by atoms with Gasteiger partial charge in [-0.05, 0) is 13.3 Å². The van der Waals surface area contributed by atoms with Gasteiger partial charge in [-0.2, -0.15) is 0 Å². The van der Waals surface area contributed by atoms with Crippen molar-refractivity contribution >= 4 is 6.29 Å². The van der Waals surface area contributed by atoms with Gasteiger partial charge in [0.1, 0.15) is 6.29 Å². The number of carbonyl (C=O) groups is 1. The van der Waals surface area contributed by atoms with Crippen LogP contribution in [-0.4, -0.2) is 6.29 Å². The van der Waals surface area contributed by atoms with Crippen molar-refractivity contribution in [1.29, 1.82) is 0 Å². The molecule has 0 aromatic heterocycles. The SMILES string of the molecule is C/C=C/C=C/CCC=O. The highest BCUT2D eigenvalue weighted by Gasteiger charge is 1.73. The highest BCUT2D eigenvalue weighted by molar-refractivity contribution is 5.49. The molecule has 50 valence electrons. The molecule has 0 aliphatic carbocycles. The van der Waals surface area contributed by atoms with Crippen LogP contribution in [0.2, 0.25) is 0 Å². The molecule has 0 radical (unpaired) electrons. The van der Waals surface area contributed by atoms with Crippen LogP contribution in [-0.2, 0) is 4.79 Å². The van der Waals surface area contributed by atoms with Crippen LogP contribution in [0.5, 0.6) is 0 Å². The summed E-state index contributed by atoms with van der Waals surface area (Å²) in [6.07, 6.45) is 10.3. The maximum Gasteiger partial charge on any atom is 0.120 e. The lowest BCUT2D eigenvalue weighted by molar-refractivity contribution is -0.107. The van der Waals surface area contributed by atoms with E-state index in [0.29, 0.717) is 6.42 Å². The molecule has 0 saturated heterocycles. The summed E-state index contributed by atoms with van der Waals surface area (Å²) in [5.41, 5.74) is 0. The van der Waals surface area contributed by atoms with Crippen LogP contribution in [0.25, 0.3) is 0 Å². The Morgan fingerprint density at radius 3 is 2.56 bits per heavy atom. The van der Waals surface area contributed by atoms with E-state index < -0.39 is 0 Å². The molecule has 0 atom stereocenters. The predicted molar refractivity (Wildman–Crippen MR) is 39.3 cm³/mol. The van der Waals surface area contributed by atoms with Crippen molar-refractivity contribution in [2.45, 2.75) is 19.8 Å². The average Bonchev–Trinajstić information content (AvgIpc) is 1.89. The lowest BCUT2D eigenvalue weighted by atomic mass is 10.3. The molecule has 0 heterocycles. The number of hydrogen-bond acceptors (Lipinski definition) is 1. The molecule has 0 N–H and O–H groups in total. The molecular formula is C8H12O. The van der Waals surface area contributed by atoms with E-state index >= 15 is 0 Å². The first kappa shape index (κ1) is 8.15. The quantitative estimate of drug-likeness (QED) is 0.318. The van der Waals surface area contributed by atoms with Crippen molar-refractivity contribution in [1.82, 2.24) is 0 Å². The molecule has 0 bridgehead atoms. The number of allylic oxidation sites excluding steroid dienone is 4. The number of unbranched alkanes of at least 4 members (excludes halogenated alkanes) is 1. The second-order valence-corrected chi connectivity index (χ2v) is 1.70. The summed E-state index contributed by atoms with van der Waals surface area (Å²) in [5.74, 6) is 0. The van der Waals surface area contributed by atoms with Gasteiger partial charge in [0.25, 0.3) is 0 Å². The number of rotatable bonds is 4. The summed E-state index contributed by atoms with van der Waals surface area (Å²) in [6, 6.07) is 0. The van der Waals surface area contributed by atoms with Crippen LogP contribution < -0.4 is 0 Å². The van der Waals surface area contributed by atoms with Gasteiger partial charge in [0.2, 0.25) is 0 Å². The monoisotopic (exact) mass is 124 g/mol. The summed E-state index contributed by atoms with van der Waals surface area (Å²) in [5, 5.41) is 0. The minimum atomic E-state index is 0.633. The molecule has 0 aromatic rings. The van der Waals surface area contributed by atoms with Crippen LogP contribution in [0.1, 0.15) is 19.8 Å². The first-order chi connectivity index (χ1) is 4.41. The lowest BCUT2D eigenvalue weighted by Crippen LogP contribution is -1.68. The Morgan fingerprint density at radius 2 is 2.00 bits per heavy atom. The Bertz CT molecular complexity index is 112. The van der Waals surface area contributed by atoms with Gasteiger partial charge in [-0.15, -0.1) is 0 Å². The second kappa shape index (κ2) is 7.15. The smallest absolute Gasteiger partial charge is 0.120 e. The highest BCUT2D eigenvalue weighted by atomic mass is 16.1. The molecule has 0 saturated carbocycles. The van der Waals surface area contributed by atoms with Crippen molar-refractivity contribution in [3.8, 4) is 0 Å². The molecule has 0 unspecified atom stereocenters. The van der Waals surface area contributed by atoms with Gasteiger partial charge in [0, 0.05) is 6.42 Å².